The highest BCUT2D eigenvalue weighted by atomic mass is 19.4. The Morgan fingerprint density at radius 1 is 1.16 bits per heavy atom. The summed E-state index contributed by atoms with van der Waals surface area (Å²) in [5.41, 5.74) is -0.321. The van der Waals surface area contributed by atoms with E-state index in [1.807, 2.05) is 0 Å². The Balaban J connectivity index is 2.67. The number of halogens is 3. The van der Waals surface area contributed by atoms with Crippen molar-refractivity contribution in [2.75, 3.05) is 0 Å². The van der Waals surface area contributed by atoms with Crippen LogP contribution in [0.2, 0.25) is 0 Å². The van der Waals surface area contributed by atoms with Crippen molar-refractivity contribution in [1.82, 2.24) is 0 Å². The smallest absolute Gasteiger partial charge is 0.166 e. The molecule has 0 nitrogen and oxygen atoms in total. The van der Waals surface area contributed by atoms with Gasteiger partial charge in [-0.1, -0.05) is 36.4 Å². The Kier molecular flexibility index (Phi) is 6.21. The van der Waals surface area contributed by atoms with Crippen LogP contribution < -0.4 is 0 Å². The van der Waals surface area contributed by atoms with Crippen LogP contribution in [0.15, 0.2) is 36.4 Å². The van der Waals surface area contributed by atoms with E-state index in [0.717, 1.165) is 19.3 Å². The Hall–Kier alpha value is -1.69. The first kappa shape index (κ1) is 15.4. The molecular formula is C16H17F3. The highest BCUT2D eigenvalue weighted by Crippen LogP contribution is 2.34. The molecule has 3 heteroatoms. The maximum absolute atomic E-state index is 12.9. The van der Waals surface area contributed by atoms with Crippen LogP contribution in [-0.2, 0) is 0 Å². The molecule has 0 spiro atoms. The molecule has 0 aliphatic carbocycles. The van der Waals surface area contributed by atoms with Crippen molar-refractivity contribution < 1.29 is 13.2 Å². The molecule has 0 aromatic heterocycles. The largest absolute Gasteiger partial charge is 0.416 e. The molecule has 0 aliphatic rings. The molecule has 1 aromatic rings. The second-order valence-electron chi connectivity index (χ2n) is 4.15. The molecule has 0 atom stereocenters. The molecule has 1 aromatic carbocycles. The monoisotopic (exact) mass is 266 g/mol. The van der Waals surface area contributed by atoms with Crippen molar-refractivity contribution >= 4 is 5.57 Å². The molecular weight excluding hydrogens is 249 g/mol. The summed E-state index contributed by atoms with van der Waals surface area (Å²) in [6.07, 6.45) is -0.288. The minimum atomic E-state index is -4.30. The van der Waals surface area contributed by atoms with E-state index in [0.29, 0.717) is 6.42 Å². The van der Waals surface area contributed by atoms with Gasteiger partial charge in [0.05, 0.1) is 5.57 Å². The van der Waals surface area contributed by atoms with E-state index in [9.17, 15) is 13.2 Å². The molecule has 0 heterocycles. The zero-order chi connectivity index (χ0) is 14.1. The summed E-state index contributed by atoms with van der Waals surface area (Å²) in [4.78, 5) is 0. The fraction of sp³-hybridized carbons (Fsp3) is 0.375. The van der Waals surface area contributed by atoms with Crippen molar-refractivity contribution in [3.05, 3.63) is 42.0 Å². The van der Waals surface area contributed by atoms with Gasteiger partial charge in [-0.15, -0.1) is 11.8 Å². The Labute approximate surface area is 112 Å². The van der Waals surface area contributed by atoms with Gasteiger partial charge in [0, 0.05) is 6.42 Å². The number of hydrogen-bond donors (Lipinski definition) is 0. The van der Waals surface area contributed by atoms with Crippen LogP contribution in [0.5, 0.6) is 0 Å². The van der Waals surface area contributed by atoms with Crippen LogP contribution in [0, 0.1) is 11.8 Å². The highest BCUT2D eigenvalue weighted by molar-refractivity contribution is 5.69. The average molecular weight is 266 g/mol. The van der Waals surface area contributed by atoms with E-state index in [1.54, 1.807) is 25.1 Å². The van der Waals surface area contributed by atoms with Crippen LogP contribution in [-0.4, -0.2) is 6.18 Å². The molecule has 0 N–H and O–H groups in total. The lowest BCUT2D eigenvalue weighted by atomic mass is 10.0. The summed E-state index contributed by atoms with van der Waals surface area (Å²) < 4.78 is 38.8. The van der Waals surface area contributed by atoms with Crippen LogP contribution in [0.3, 0.4) is 0 Å². The first-order valence-corrected chi connectivity index (χ1v) is 6.28. The molecule has 0 saturated heterocycles. The molecule has 19 heavy (non-hydrogen) atoms. The number of hydrogen-bond acceptors (Lipinski definition) is 0. The van der Waals surface area contributed by atoms with Crippen LogP contribution >= 0.6 is 0 Å². The number of allylic oxidation sites excluding steroid dienone is 2. The highest BCUT2D eigenvalue weighted by Gasteiger charge is 2.33. The summed E-state index contributed by atoms with van der Waals surface area (Å²) >= 11 is 0. The Morgan fingerprint density at radius 3 is 2.42 bits per heavy atom. The molecule has 0 amide bonds. The van der Waals surface area contributed by atoms with Gasteiger partial charge in [0.25, 0.3) is 0 Å². The zero-order valence-electron chi connectivity index (χ0n) is 10.9. The third-order valence-corrected chi connectivity index (χ3v) is 2.67. The predicted octanol–water partition coefficient (Wildman–Crippen LogP) is 5.22. The zero-order valence-corrected chi connectivity index (χ0v) is 10.9. The molecule has 0 bridgehead atoms. The fourth-order valence-corrected chi connectivity index (χ4v) is 1.74. The third-order valence-electron chi connectivity index (χ3n) is 2.67. The molecule has 0 radical (unpaired) electrons. The van der Waals surface area contributed by atoms with Gasteiger partial charge in [-0.05, 0) is 31.7 Å². The average Bonchev–Trinajstić information content (AvgIpc) is 2.37. The SMILES string of the molecule is CC#CCCCCC=C(c1ccccc1)C(F)(F)F. The van der Waals surface area contributed by atoms with Crippen molar-refractivity contribution in [1.29, 1.82) is 0 Å². The van der Waals surface area contributed by atoms with Gasteiger partial charge in [-0.2, -0.15) is 13.2 Å². The van der Waals surface area contributed by atoms with Gasteiger partial charge >= 0.3 is 6.18 Å². The Bertz CT molecular complexity index is 458. The summed E-state index contributed by atoms with van der Waals surface area (Å²) in [7, 11) is 0. The van der Waals surface area contributed by atoms with Crippen molar-refractivity contribution in [2.45, 2.75) is 38.8 Å². The van der Waals surface area contributed by atoms with E-state index in [2.05, 4.69) is 11.8 Å². The van der Waals surface area contributed by atoms with Crippen molar-refractivity contribution in [3.63, 3.8) is 0 Å². The van der Waals surface area contributed by atoms with E-state index in [-0.39, 0.29) is 5.56 Å². The minimum Gasteiger partial charge on any atom is -0.166 e. The molecule has 0 unspecified atom stereocenters. The van der Waals surface area contributed by atoms with Gasteiger partial charge in [0.1, 0.15) is 0 Å². The van der Waals surface area contributed by atoms with E-state index >= 15 is 0 Å². The minimum absolute atomic E-state index is 0.225. The van der Waals surface area contributed by atoms with Gasteiger partial charge in [-0.3, -0.25) is 0 Å². The maximum Gasteiger partial charge on any atom is 0.416 e. The van der Waals surface area contributed by atoms with Crippen LogP contribution in [0.4, 0.5) is 13.2 Å². The van der Waals surface area contributed by atoms with E-state index in [4.69, 9.17) is 0 Å². The molecule has 0 saturated carbocycles. The topological polar surface area (TPSA) is 0 Å². The first-order chi connectivity index (χ1) is 9.05. The number of alkyl halides is 3. The molecule has 0 fully saturated rings. The molecule has 102 valence electrons. The number of rotatable bonds is 5. The van der Waals surface area contributed by atoms with E-state index in [1.165, 1.54) is 18.2 Å². The van der Waals surface area contributed by atoms with Crippen LogP contribution in [0.25, 0.3) is 5.57 Å². The fourth-order valence-electron chi connectivity index (χ4n) is 1.74. The predicted molar refractivity (Wildman–Crippen MR) is 72.4 cm³/mol. The second kappa shape index (κ2) is 7.68. The summed E-state index contributed by atoms with van der Waals surface area (Å²) in [5.74, 6) is 5.68. The summed E-state index contributed by atoms with van der Waals surface area (Å²) in [6.45, 7) is 1.76. The van der Waals surface area contributed by atoms with Crippen molar-refractivity contribution in [3.8, 4) is 11.8 Å². The lowest BCUT2D eigenvalue weighted by Gasteiger charge is -2.12. The van der Waals surface area contributed by atoms with Gasteiger partial charge in [0.2, 0.25) is 0 Å². The maximum atomic E-state index is 12.9. The lowest BCUT2D eigenvalue weighted by Crippen LogP contribution is -2.10. The molecule has 1 rings (SSSR count). The van der Waals surface area contributed by atoms with Crippen molar-refractivity contribution in [2.24, 2.45) is 0 Å². The van der Waals surface area contributed by atoms with Gasteiger partial charge in [0.15, 0.2) is 0 Å². The lowest BCUT2D eigenvalue weighted by molar-refractivity contribution is -0.0690. The van der Waals surface area contributed by atoms with E-state index < -0.39 is 11.7 Å². The summed E-state index contributed by atoms with van der Waals surface area (Å²) in [6, 6.07) is 7.92. The molecule has 0 aliphatic heterocycles. The number of benzene rings is 1. The van der Waals surface area contributed by atoms with Gasteiger partial charge in [-0.25, -0.2) is 0 Å². The standard InChI is InChI=1S/C16H17F3/c1-2-3-4-5-6-10-13-15(16(17,18)19)14-11-8-7-9-12-14/h7-9,11-13H,4-6,10H2,1H3. The normalized spacial score (nSPS) is 11.9. The first-order valence-electron chi connectivity index (χ1n) is 6.28. The Morgan fingerprint density at radius 2 is 1.84 bits per heavy atom. The van der Waals surface area contributed by atoms with Crippen LogP contribution in [0.1, 0.15) is 38.2 Å². The summed E-state index contributed by atoms with van der Waals surface area (Å²) in [5, 5.41) is 0. The quantitative estimate of drug-likeness (QED) is 0.506. The third kappa shape index (κ3) is 5.65. The van der Waals surface area contributed by atoms with Gasteiger partial charge < -0.3 is 0 Å². The second-order valence-corrected chi connectivity index (χ2v) is 4.15. The number of unbranched alkanes of at least 4 members (excludes halogenated alkanes) is 3.